The number of para-hydroxylation sites is 1. The molecule has 0 aliphatic carbocycles. The number of benzene rings is 3. The summed E-state index contributed by atoms with van der Waals surface area (Å²) in [7, 11) is 1.68. The molecule has 4 rings (SSSR count). The van der Waals surface area contributed by atoms with Crippen molar-refractivity contribution in [2.45, 2.75) is 25.4 Å². The number of fused-ring (bicyclic) bond motifs is 2. The summed E-state index contributed by atoms with van der Waals surface area (Å²) in [6.07, 6.45) is -0.406. The molecule has 6 nitrogen and oxygen atoms in total. The Balaban J connectivity index is 1.54. The molecule has 0 N–H and O–H groups in total. The van der Waals surface area contributed by atoms with Gasteiger partial charge in [-0.15, -0.1) is 0 Å². The second-order valence-corrected chi connectivity index (χ2v) is 8.29. The van der Waals surface area contributed by atoms with Crippen LogP contribution in [0.25, 0.3) is 0 Å². The fourth-order valence-corrected chi connectivity index (χ4v) is 4.04. The van der Waals surface area contributed by atoms with Gasteiger partial charge in [-0.1, -0.05) is 78.9 Å². The van der Waals surface area contributed by atoms with E-state index in [-0.39, 0.29) is 12.2 Å². The molecule has 35 heavy (non-hydrogen) atoms. The van der Waals surface area contributed by atoms with Gasteiger partial charge < -0.3 is 28.4 Å². The van der Waals surface area contributed by atoms with Crippen molar-refractivity contribution >= 4 is 0 Å². The molecule has 186 valence electrons. The van der Waals surface area contributed by atoms with E-state index in [2.05, 4.69) is 24.3 Å². The summed E-state index contributed by atoms with van der Waals surface area (Å²) >= 11 is 0. The summed E-state index contributed by atoms with van der Waals surface area (Å²) in [4.78, 5) is 0. The average Bonchev–Trinajstić information content (AvgIpc) is 2.91. The minimum atomic E-state index is -0.203. The van der Waals surface area contributed by atoms with Gasteiger partial charge in [0.05, 0.1) is 60.0 Å². The van der Waals surface area contributed by atoms with Crippen molar-refractivity contribution < 1.29 is 28.4 Å². The molecule has 3 aromatic rings. The van der Waals surface area contributed by atoms with Gasteiger partial charge in [-0.05, 0) is 11.1 Å². The van der Waals surface area contributed by atoms with Crippen LogP contribution >= 0.6 is 0 Å². The van der Waals surface area contributed by atoms with Crippen molar-refractivity contribution in [3.63, 3.8) is 0 Å². The van der Waals surface area contributed by atoms with Crippen molar-refractivity contribution in [1.82, 2.24) is 0 Å². The zero-order valence-electron chi connectivity index (χ0n) is 20.3. The Morgan fingerprint density at radius 3 is 1.49 bits per heavy atom. The highest BCUT2D eigenvalue weighted by atomic mass is 16.6. The van der Waals surface area contributed by atoms with Crippen LogP contribution in [0.1, 0.15) is 34.5 Å². The van der Waals surface area contributed by atoms with E-state index in [1.807, 2.05) is 54.6 Å². The molecule has 1 aliphatic rings. The topological polar surface area (TPSA) is 55.4 Å². The second-order valence-electron chi connectivity index (χ2n) is 8.29. The minimum Gasteiger partial charge on any atom is -0.496 e. The van der Waals surface area contributed by atoms with E-state index in [1.54, 1.807) is 7.11 Å². The van der Waals surface area contributed by atoms with Crippen molar-refractivity contribution in [2.75, 3.05) is 46.8 Å². The van der Waals surface area contributed by atoms with E-state index in [1.165, 1.54) is 0 Å². The first-order chi connectivity index (χ1) is 17.3. The lowest BCUT2D eigenvalue weighted by molar-refractivity contribution is -0.0559. The molecule has 0 saturated heterocycles. The highest BCUT2D eigenvalue weighted by Gasteiger charge is 2.18. The number of hydrogen-bond donors (Lipinski definition) is 0. The Bertz CT molecular complexity index is 919. The van der Waals surface area contributed by atoms with Crippen molar-refractivity contribution in [1.29, 1.82) is 0 Å². The lowest BCUT2D eigenvalue weighted by Gasteiger charge is -2.22. The van der Waals surface area contributed by atoms with Gasteiger partial charge >= 0.3 is 0 Å². The van der Waals surface area contributed by atoms with E-state index in [9.17, 15) is 0 Å². The zero-order chi connectivity index (χ0) is 24.1. The van der Waals surface area contributed by atoms with E-state index in [0.29, 0.717) is 52.9 Å². The van der Waals surface area contributed by atoms with Crippen LogP contribution in [0.2, 0.25) is 0 Å². The highest BCUT2D eigenvalue weighted by molar-refractivity contribution is 5.41. The van der Waals surface area contributed by atoms with Crippen molar-refractivity contribution in [3.05, 3.63) is 101 Å². The number of ether oxygens (including phenoxy) is 6. The Labute approximate surface area is 207 Å². The first kappa shape index (κ1) is 25.4. The average molecular weight is 479 g/mol. The summed E-state index contributed by atoms with van der Waals surface area (Å²) in [5.41, 5.74) is 4.07. The molecule has 1 aliphatic heterocycles. The lowest BCUT2D eigenvalue weighted by Crippen LogP contribution is -2.17. The maximum absolute atomic E-state index is 6.34. The van der Waals surface area contributed by atoms with Gasteiger partial charge in [0, 0.05) is 11.1 Å². The van der Waals surface area contributed by atoms with Gasteiger partial charge in [0.15, 0.2) is 0 Å². The Morgan fingerprint density at radius 1 is 0.571 bits per heavy atom. The molecule has 0 amide bonds. The molecule has 0 radical (unpaired) electrons. The number of rotatable bonds is 3. The summed E-state index contributed by atoms with van der Waals surface area (Å²) < 4.78 is 35.9. The number of hydrogen-bond acceptors (Lipinski definition) is 6. The van der Waals surface area contributed by atoms with Gasteiger partial charge in [0.2, 0.25) is 0 Å². The predicted molar refractivity (Wildman–Crippen MR) is 133 cm³/mol. The van der Waals surface area contributed by atoms with E-state index in [4.69, 9.17) is 28.4 Å². The van der Waals surface area contributed by atoms with Gasteiger partial charge in [-0.25, -0.2) is 0 Å². The molecule has 1 heterocycles. The maximum Gasteiger partial charge on any atom is 0.129 e. The molecular formula is C29H34O6. The third kappa shape index (κ3) is 7.62. The van der Waals surface area contributed by atoms with Crippen LogP contribution in [0.4, 0.5) is 0 Å². The smallest absolute Gasteiger partial charge is 0.129 e. The normalized spacial score (nSPS) is 20.9. The highest BCUT2D eigenvalue weighted by Crippen LogP contribution is 2.29. The molecule has 0 saturated carbocycles. The lowest BCUT2D eigenvalue weighted by atomic mass is 10.1. The molecule has 2 atom stereocenters. The molecule has 0 aromatic heterocycles. The predicted octanol–water partition coefficient (Wildman–Crippen LogP) is 5.27. The van der Waals surface area contributed by atoms with Gasteiger partial charge in [0.1, 0.15) is 18.0 Å². The Morgan fingerprint density at radius 2 is 1.03 bits per heavy atom. The van der Waals surface area contributed by atoms with Crippen LogP contribution in [-0.2, 0) is 36.9 Å². The van der Waals surface area contributed by atoms with Crippen molar-refractivity contribution in [2.24, 2.45) is 0 Å². The van der Waals surface area contributed by atoms with Gasteiger partial charge in [-0.2, -0.15) is 0 Å². The fourth-order valence-electron chi connectivity index (χ4n) is 4.04. The Hall–Kier alpha value is -2.74. The van der Waals surface area contributed by atoms with Gasteiger partial charge in [-0.3, -0.25) is 0 Å². The second kappa shape index (κ2) is 14.0. The van der Waals surface area contributed by atoms with Crippen LogP contribution in [0.15, 0.2) is 78.9 Å². The van der Waals surface area contributed by atoms with E-state index in [0.717, 1.165) is 28.0 Å². The molecule has 0 fully saturated rings. The molecule has 2 bridgehead atoms. The standard InChI is InChI=1S/C29H34O6/c1-30-29-25-13-8-14-26(29)20-35-28(24-11-6-3-7-12-24)22-33-18-16-31-15-17-32-21-27(34-19-25)23-9-4-2-5-10-23/h2-14,27-28H,15-22H2,1H3/t27-,28?/m1/s1. The molecule has 0 spiro atoms. The third-order valence-electron chi connectivity index (χ3n) is 5.89. The molecule has 6 heteroatoms. The summed E-state index contributed by atoms with van der Waals surface area (Å²) in [6.45, 7) is 3.63. The number of methoxy groups -OCH3 is 1. The zero-order valence-corrected chi connectivity index (χ0v) is 20.3. The Kier molecular flexibility index (Phi) is 10.1. The van der Waals surface area contributed by atoms with Gasteiger partial charge in [0.25, 0.3) is 0 Å². The molecular weight excluding hydrogens is 444 g/mol. The summed E-state index contributed by atoms with van der Waals surface area (Å²) in [6, 6.07) is 26.3. The first-order valence-electron chi connectivity index (χ1n) is 12.1. The minimum absolute atomic E-state index is 0.203. The molecule has 3 aromatic carbocycles. The van der Waals surface area contributed by atoms with Crippen molar-refractivity contribution in [3.8, 4) is 5.75 Å². The molecule has 1 unspecified atom stereocenters. The van der Waals surface area contributed by atoms with Crippen LogP contribution in [0, 0.1) is 0 Å². The fraction of sp³-hybridized carbons (Fsp3) is 0.379. The van der Waals surface area contributed by atoms with Crippen LogP contribution < -0.4 is 4.74 Å². The van der Waals surface area contributed by atoms with E-state index < -0.39 is 0 Å². The maximum atomic E-state index is 6.34. The third-order valence-corrected chi connectivity index (χ3v) is 5.89. The van der Waals surface area contributed by atoms with Crippen LogP contribution in [0.5, 0.6) is 5.75 Å². The summed E-state index contributed by atoms with van der Waals surface area (Å²) in [5, 5.41) is 0. The quantitative estimate of drug-likeness (QED) is 0.511. The first-order valence-corrected chi connectivity index (χ1v) is 12.1. The van der Waals surface area contributed by atoms with Crippen LogP contribution in [-0.4, -0.2) is 46.8 Å². The van der Waals surface area contributed by atoms with Crippen LogP contribution in [0.3, 0.4) is 0 Å². The monoisotopic (exact) mass is 478 g/mol. The largest absolute Gasteiger partial charge is 0.496 e. The summed E-state index contributed by atoms with van der Waals surface area (Å²) in [5.74, 6) is 0.780. The van der Waals surface area contributed by atoms with E-state index >= 15 is 0 Å². The SMILES string of the molecule is COc1c2cccc1CO[C@@H](c1ccccc1)COCCOCCOCC(c1ccccc1)OC2.